The summed E-state index contributed by atoms with van der Waals surface area (Å²) >= 11 is 1.71. The Balaban J connectivity index is 1.97. The van der Waals surface area contributed by atoms with Crippen LogP contribution in [0, 0.1) is 5.92 Å². The monoisotopic (exact) mass is 282 g/mol. The number of nitrogens with zero attached hydrogens (tertiary/aromatic N) is 2. The average molecular weight is 282 g/mol. The van der Waals surface area contributed by atoms with Crippen LogP contribution in [0.25, 0.3) is 0 Å². The van der Waals surface area contributed by atoms with E-state index in [1.54, 1.807) is 11.3 Å². The number of amides is 1. The van der Waals surface area contributed by atoms with Crippen molar-refractivity contribution < 1.29 is 9.53 Å². The maximum absolute atomic E-state index is 12.5. The first-order valence-electron chi connectivity index (χ1n) is 6.70. The molecule has 1 atom stereocenters. The Hall–Kier alpha value is -0.910. The second kappa shape index (κ2) is 7.03. The number of hydrogen-bond acceptors (Lipinski definition) is 4. The summed E-state index contributed by atoms with van der Waals surface area (Å²) in [6, 6.07) is 4.12. The molecule has 1 aliphatic rings. The minimum atomic E-state index is 0.0575. The molecule has 0 radical (unpaired) electrons. The van der Waals surface area contributed by atoms with E-state index in [1.807, 2.05) is 25.1 Å². The van der Waals surface area contributed by atoms with E-state index in [0.717, 1.165) is 32.7 Å². The van der Waals surface area contributed by atoms with Crippen molar-refractivity contribution in [1.82, 2.24) is 9.80 Å². The van der Waals surface area contributed by atoms with Crippen LogP contribution in [0.3, 0.4) is 0 Å². The van der Waals surface area contributed by atoms with Crippen molar-refractivity contribution in [1.29, 1.82) is 0 Å². The highest BCUT2D eigenvalue weighted by atomic mass is 32.1. The molecular weight excluding hydrogens is 260 g/mol. The van der Waals surface area contributed by atoms with Gasteiger partial charge in [-0.15, -0.1) is 11.3 Å². The topological polar surface area (TPSA) is 32.8 Å². The van der Waals surface area contributed by atoms with E-state index in [-0.39, 0.29) is 11.8 Å². The second-order valence-corrected chi connectivity index (χ2v) is 6.24. The lowest BCUT2D eigenvalue weighted by molar-refractivity contribution is -0.136. The third-order valence-electron chi connectivity index (χ3n) is 3.33. The fraction of sp³-hybridized carbons (Fsp3) is 0.643. The summed E-state index contributed by atoms with van der Waals surface area (Å²) < 4.78 is 5.33. The lowest BCUT2D eigenvalue weighted by atomic mass is 10.1. The van der Waals surface area contributed by atoms with Crippen LogP contribution in [-0.4, -0.2) is 56.1 Å². The van der Waals surface area contributed by atoms with Gasteiger partial charge in [0.1, 0.15) is 0 Å². The molecule has 0 bridgehead atoms. The van der Waals surface area contributed by atoms with Crippen LogP contribution in [-0.2, 0) is 16.1 Å². The maximum Gasteiger partial charge on any atom is 0.228 e. The van der Waals surface area contributed by atoms with Crippen molar-refractivity contribution in [2.24, 2.45) is 5.92 Å². The summed E-state index contributed by atoms with van der Waals surface area (Å²) in [6.45, 7) is 3.70. The van der Waals surface area contributed by atoms with Gasteiger partial charge in [-0.2, -0.15) is 0 Å². The zero-order valence-electron chi connectivity index (χ0n) is 11.7. The van der Waals surface area contributed by atoms with Crippen molar-refractivity contribution in [3.63, 3.8) is 0 Å². The highest BCUT2D eigenvalue weighted by Crippen LogP contribution is 2.19. The molecule has 0 aliphatic carbocycles. The molecule has 19 heavy (non-hydrogen) atoms. The van der Waals surface area contributed by atoms with Crippen molar-refractivity contribution in [2.75, 3.05) is 40.4 Å². The molecule has 4 nitrogen and oxygen atoms in total. The molecule has 5 heteroatoms. The number of hydrogen-bond donors (Lipinski definition) is 0. The molecule has 1 amide bonds. The van der Waals surface area contributed by atoms with Gasteiger partial charge in [0.25, 0.3) is 0 Å². The summed E-state index contributed by atoms with van der Waals surface area (Å²) in [5.41, 5.74) is 0. The van der Waals surface area contributed by atoms with E-state index in [1.165, 1.54) is 4.88 Å². The van der Waals surface area contributed by atoms with E-state index in [0.29, 0.717) is 6.61 Å². The summed E-state index contributed by atoms with van der Waals surface area (Å²) in [4.78, 5) is 17.8. The van der Waals surface area contributed by atoms with Gasteiger partial charge in [-0.1, -0.05) is 6.07 Å². The smallest absolute Gasteiger partial charge is 0.228 e. The number of likely N-dealkylation sites (N-methyl/N-ethyl adjacent to an activating group) is 1. The fourth-order valence-corrected chi connectivity index (χ4v) is 2.89. The van der Waals surface area contributed by atoms with Crippen molar-refractivity contribution in [3.8, 4) is 0 Å². The van der Waals surface area contributed by atoms with Gasteiger partial charge in [-0.3, -0.25) is 4.79 Å². The number of carbonyl (C=O) groups is 1. The summed E-state index contributed by atoms with van der Waals surface area (Å²) in [5, 5.41) is 2.06. The van der Waals surface area contributed by atoms with Gasteiger partial charge in [0, 0.05) is 24.6 Å². The summed E-state index contributed by atoms with van der Waals surface area (Å²) in [6.07, 6.45) is 0.863. The predicted molar refractivity (Wildman–Crippen MR) is 77.2 cm³/mol. The molecule has 1 saturated heterocycles. The Kier molecular flexibility index (Phi) is 5.36. The van der Waals surface area contributed by atoms with Crippen LogP contribution in [0.15, 0.2) is 17.5 Å². The van der Waals surface area contributed by atoms with Crippen LogP contribution in [0.2, 0.25) is 0 Å². The summed E-state index contributed by atoms with van der Waals surface area (Å²) in [7, 11) is 4.07. The molecule has 2 heterocycles. The number of ether oxygens (including phenoxy) is 1. The van der Waals surface area contributed by atoms with Gasteiger partial charge in [-0.05, 0) is 32.0 Å². The molecule has 1 fully saturated rings. The predicted octanol–water partition coefficient (Wildman–Crippen LogP) is 1.67. The molecule has 106 valence electrons. The lowest BCUT2D eigenvalue weighted by Crippen LogP contribution is -2.39. The highest BCUT2D eigenvalue weighted by molar-refractivity contribution is 7.09. The zero-order valence-corrected chi connectivity index (χ0v) is 12.5. The van der Waals surface area contributed by atoms with E-state index >= 15 is 0 Å². The average Bonchev–Trinajstić information content (AvgIpc) is 3.06. The third kappa shape index (κ3) is 4.30. The van der Waals surface area contributed by atoms with E-state index in [4.69, 9.17) is 4.74 Å². The molecule has 2 rings (SSSR count). The largest absolute Gasteiger partial charge is 0.381 e. The maximum atomic E-state index is 12.5. The first kappa shape index (κ1) is 14.5. The van der Waals surface area contributed by atoms with Gasteiger partial charge >= 0.3 is 0 Å². The van der Waals surface area contributed by atoms with Gasteiger partial charge in [0.05, 0.1) is 19.1 Å². The Labute approximate surface area is 119 Å². The Morgan fingerprint density at radius 2 is 2.32 bits per heavy atom. The molecule has 0 unspecified atom stereocenters. The second-order valence-electron chi connectivity index (χ2n) is 5.20. The first-order chi connectivity index (χ1) is 9.16. The molecule has 0 aromatic carbocycles. The van der Waals surface area contributed by atoms with Crippen LogP contribution in [0.4, 0.5) is 0 Å². The van der Waals surface area contributed by atoms with Crippen LogP contribution < -0.4 is 0 Å². The van der Waals surface area contributed by atoms with Gasteiger partial charge < -0.3 is 14.5 Å². The summed E-state index contributed by atoms with van der Waals surface area (Å²) in [5.74, 6) is 0.301. The van der Waals surface area contributed by atoms with Crippen LogP contribution >= 0.6 is 11.3 Å². The molecule has 0 spiro atoms. The Morgan fingerprint density at radius 1 is 1.47 bits per heavy atom. The molecule has 0 saturated carbocycles. The van der Waals surface area contributed by atoms with Crippen LogP contribution in [0.5, 0.6) is 0 Å². The van der Waals surface area contributed by atoms with Gasteiger partial charge in [0.15, 0.2) is 0 Å². The van der Waals surface area contributed by atoms with Gasteiger partial charge in [0.2, 0.25) is 5.91 Å². The van der Waals surface area contributed by atoms with Gasteiger partial charge in [-0.25, -0.2) is 0 Å². The minimum Gasteiger partial charge on any atom is -0.381 e. The zero-order chi connectivity index (χ0) is 13.7. The van der Waals surface area contributed by atoms with Crippen molar-refractivity contribution in [3.05, 3.63) is 22.4 Å². The third-order valence-corrected chi connectivity index (χ3v) is 4.20. The number of thiophene rings is 1. The van der Waals surface area contributed by atoms with Crippen LogP contribution in [0.1, 0.15) is 11.3 Å². The minimum absolute atomic E-state index is 0.0575. The van der Waals surface area contributed by atoms with E-state index in [9.17, 15) is 4.79 Å². The standard InChI is InChI=1S/C14H22N2O2S/c1-15(2)6-7-16(10-13-4-3-9-19-13)14(17)12-5-8-18-11-12/h3-4,9,12H,5-8,10-11H2,1-2H3/t12-/m0/s1. The number of carbonyl (C=O) groups excluding carboxylic acids is 1. The normalized spacial score (nSPS) is 19.0. The first-order valence-corrected chi connectivity index (χ1v) is 7.58. The molecule has 1 aromatic heterocycles. The molecule has 0 N–H and O–H groups in total. The van der Waals surface area contributed by atoms with Crippen molar-refractivity contribution >= 4 is 17.2 Å². The fourth-order valence-electron chi connectivity index (χ4n) is 2.17. The lowest BCUT2D eigenvalue weighted by Gasteiger charge is -2.26. The van der Waals surface area contributed by atoms with Crippen molar-refractivity contribution in [2.45, 2.75) is 13.0 Å². The highest BCUT2D eigenvalue weighted by Gasteiger charge is 2.28. The van der Waals surface area contributed by atoms with E-state index in [2.05, 4.69) is 16.3 Å². The SMILES string of the molecule is CN(C)CCN(Cc1cccs1)C(=O)[C@H]1CCOC1. The van der Waals surface area contributed by atoms with E-state index < -0.39 is 0 Å². The molecule has 1 aromatic rings. The molecular formula is C14H22N2O2S. The quantitative estimate of drug-likeness (QED) is 0.796. The number of rotatable bonds is 6. The Morgan fingerprint density at radius 3 is 2.89 bits per heavy atom. The Bertz CT molecular complexity index is 386. The molecule has 1 aliphatic heterocycles.